The van der Waals surface area contributed by atoms with Crippen molar-refractivity contribution in [2.45, 2.75) is 61.2 Å². The highest BCUT2D eigenvalue weighted by molar-refractivity contribution is 7.89. The van der Waals surface area contributed by atoms with Gasteiger partial charge in [-0.3, -0.25) is 4.79 Å². The molecule has 0 saturated carbocycles. The second-order valence-electron chi connectivity index (χ2n) is 10.7. The van der Waals surface area contributed by atoms with Crippen LogP contribution in [0.1, 0.15) is 24.8 Å². The third kappa shape index (κ3) is 7.13. The fraction of sp³-hybridized carbons (Fsp3) is 0.500. The smallest absolute Gasteiger partial charge is 0.407 e. The number of aliphatic hydroxyl groups is 1. The molecule has 0 aromatic heterocycles. The highest BCUT2D eigenvalue weighted by atomic mass is 32.2. The predicted octanol–water partition coefficient (Wildman–Crippen LogP) is 1.81. The Morgan fingerprint density at radius 3 is 2.60 bits per heavy atom. The van der Waals surface area contributed by atoms with Crippen LogP contribution in [0.5, 0.6) is 0 Å². The van der Waals surface area contributed by atoms with E-state index >= 15 is 0 Å². The van der Waals surface area contributed by atoms with Gasteiger partial charge in [0, 0.05) is 25.6 Å². The number of rotatable bonds is 12. The molecule has 3 saturated heterocycles. The summed E-state index contributed by atoms with van der Waals surface area (Å²) in [5, 5.41) is 19.8. The van der Waals surface area contributed by atoms with Gasteiger partial charge in [0.25, 0.3) is 0 Å². The van der Waals surface area contributed by atoms with Crippen molar-refractivity contribution in [1.82, 2.24) is 14.9 Å². The van der Waals surface area contributed by atoms with Crippen molar-refractivity contribution in [1.29, 1.82) is 0 Å². The number of hydrogen-bond donors (Lipinski definition) is 3. The largest absolute Gasteiger partial charge is 0.443 e. The van der Waals surface area contributed by atoms with Crippen LogP contribution in [-0.4, -0.2) is 86.7 Å². The van der Waals surface area contributed by atoms with E-state index in [2.05, 4.69) is 15.8 Å². The first-order valence-electron chi connectivity index (χ1n) is 13.9. The first kappa shape index (κ1) is 30.0. The normalized spacial score (nSPS) is 25.0. The Bertz CT molecular complexity index is 1360. The molecule has 3 aliphatic rings. The van der Waals surface area contributed by atoms with Crippen LogP contribution in [0.4, 0.5) is 10.5 Å². The van der Waals surface area contributed by atoms with Gasteiger partial charge in [-0.15, -0.1) is 4.91 Å². The molecular formula is C28H34N4O9S. The van der Waals surface area contributed by atoms with Crippen LogP contribution in [-0.2, 0) is 35.4 Å². The lowest BCUT2D eigenvalue weighted by Gasteiger charge is -2.31. The number of fused-ring (bicyclic) bond motifs is 1. The molecule has 0 bridgehead atoms. The molecule has 3 N–H and O–H groups in total. The zero-order valence-electron chi connectivity index (χ0n) is 22.8. The van der Waals surface area contributed by atoms with Crippen molar-refractivity contribution in [3.8, 4) is 0 Å². The summed E-state index contributed by atoms with van der Waals surface area (Å²) in [6.07, 6.45) is -1.42. The summed E-state index contributed by atoms with van der Waals surface area (Å²) >= 11 is 0. The highest BCUT2D eigenvalue weighted by Gasteiger charge is 2.44. The van der Waals surface area contributed by atoms with E-state index in [1.807, 2.05) is 30.3 Å². The summed E-state index contributed by atoms with van der Waals surface area (Å²) < 4.78 is 45.2. The average molecular weight is 603 g/mol. The molecule has 2 aromatic rings. The van der Waals surface area contributed by atoms with E-state index in [1.54, 1.807) is 0 Å². The molecule has 3 fully saturated rings. The van der Waals surface area contributed by atoms with E-state index in [0.717, 1.165) is 9.87 Å². The van der Waals surface area contributed by atoms with E-state index in [9.17, 15) is 28.0 Å². The summed E-state index contributed by atoms with van der Waals surface area (Å²) in [7, 11) is -4.19. The van der Waals surface area contributed by atoms with Crippen molar-refractivity contribution in [2.24, 2.45) is 11.1 Å². The molecule has 1 unspecified atom stereocenters. The van der Waals surface area contributed by atoms with Gasteiger partial charge in [0.05, 0.1) is 36.2 Å². The first-order chi connectivity index (χ1) is 20.2. The molecule has 14 heteroatoms. The Kier molecular flexibility index (Phi) is 9.48. The molecular weight excluding hydrogens is 568 g/mol. The van der Waals surface area contributed by atoms with Gasteiger partial charge in [0.1, 0.15) is 11.8 Å². The topological polar surface area (TPSA) is 173 Å². The van der Waals surface area contributed by atoms with E-state index in [-0.39, 0.29) is 54.9 Å². The van der Waals surface area contributed by atoms with Crippen molar-refractivity contribution in [3.05, 3.63) is 65.1 Å². The standard InChI is InChI=1S/C28H34N4O9S/c33-24(16-32(15-20-8-11-26(34)29-20)42(37,38)21-9-6-19(31-36)7-10-21)23(14-18-4-2-1-3-5-18)30-28(35)41-25-17-40-27-22(25)12-13-39-27/h1-7,9-10,20,22-25,27,33H,8,11-17H2,(H,29,34)(H,30,35)/t20-,22-,23-,24+,25?,27+/m0/s1. The molecule has 5 rings (SSSR count). The van der Waals surface area contributed by atoms with Crippen LogP contribution in [0.25, 0.3) is 0 Å². The van der Waals surface area contributed by atoms with Gasteiger partial charge in [-0.2, -0.15) is 4.31 Å². The Labute approximate surface area is 243 Å². The van der Waals surface area contributed by atoms with Gasteiger partial charge in [-0.25, -0.2) is 13.2 Å². The van der Waals surface area contributed by atoms with Crippen LogP contribution in [0, 0.1) is 10.8 Å². The van der Waals surface area contributed by atoms with E-state index in [1.165, 1.54) is 24.3 Å². The number of sulfonamides is 1. The number of carbonyl (C=O) groups is 2. The Hall–Kier alpha value is -3.43. The van der Waals surface area contributed by atoms with E-state index in [0.29, 0.717) is 19.4 Å². The van der Waals surface area contributed by atoms with Gasteiger partial charge in [0.15, 0.2) is 6.29 Å². The van der Waals surface area contributed by atoms with Crippen molar-refractivity contribution in [3.63, 3.8) is 0 Å². The minimum atomic E-state index is -4.19. The molecule has 3 aliphatic heterocycles. The maximum absolute atomic E-state index is 13.7. The monoisotopic (exact) mass is 602 g/mol. The van der Waals surface area contributed by atoms with Crippen molar-refractivity contribution < 1.29 is 37.3 Å². The van der Waals surface area contributed by atoms with Gasteiger partial charge >= 0.3 is 6.09 Å². The third-order valence-corrected chi connectivity index (χ3v) is 9.64. The molecule has 3 heterocycles. The number of amides is 2. The van der Waals surface area contributed by atoms with Crippen LogP contribution < -0.4 is 10.6 Å². The molecule has 42 heavy (non-hydrogen) atoms. The van der Waals surface area contributed by atoms with Crippen molar-refractivity contribution >= 4 is 27.7 Å². The third-order valence-electron chi connectivity index (χ3n) is 7.79. The van der Waals surface area contributed by atoms with Gasteiger partial charge < -0.3 is 30.0 Å². The number of nitrogens with zero attached hydrogens (tertiary/aromatic N) is 2. The summed E-state index contributed by atoms with van der Waals surface area (Å²) in [6.45, 7) is 0.244. The number of aliphatic hydroxyl groups excluding tert-OH is 1. The highest BCUT2D eigenvalue weighted by Crippen LogP contribution is 2.33. The van der Waals surface area contributed by atoms with Crippen molar-refractivity contribution in [2.75, 3.05) is 26.3 Å². The maximum atomic E-state index is 13.7. The number of carbonyl (C=O) groups excluding carboxylic acids is 2. The molecule has 0 aliphatic carbocycles. The summed E-state index contributed by atoms with van der Waals surface area (Å²) in [5.41, 5.74) is 0.877. The molecule has 0 radical (unpaired) electrons. The predicted molar refractivity (Wildman–Crippen MR) is 149 cm³/mol. The number of alkyl carbamates (subject to hydrolysis) is 1. The Morgan fingerprint density at radius 2 is 1.90 bits per heavy atom. The maximum Gasteiger partial charge on any atom is 0.407 e. The average Bonchev–Trinajstić information content (AvgIpc) is 3.72. The van der Waals surface area contributed by atoms with Crippen LogP contribution in [0.2, 0.25) is 0 Å². The van der Waals surface area contributed by atoms with Crippen LogP contribution >= 0.6 is 0 Å². The van der Waals surface area contributed by atoms with Crippen LogP contribution in [0.15, 0.2) is 64.7 Å². The van der Waals surface area contributed by atoms with Gasteiger partial charge in [-0.1, -0.05) is 30.3 Å². The molecule has 13 nitrogen and oxygen atoms in total. The van der Waals surface area contributed by atoms with E-state index < -0.39 is 46.7 Å². The summed E-state index contributed by atoms with van der Waals surface area (Å²) in [4.78, 5) is 35.6. The SMILES string of the molecule is O=Nc1ccc(S(=O)(=O)N(C[C@@H]2CCC(=O)N2)C[C@@H](O)[C@H](Cc2ccccc2)NC(=O)OC2CO[C@H]3OCC[C@@H]23)cc1. The quantitative estimate of drug-likeness (QED) is 0.306. The first-order valence-corrected chi connectivity index (χ1v) is 15.3. The second-order valence-corrected chi connectivity index (χ2v) is 12.6. The lowest BCUT2D eigenvalue weighted by molar-refractivity contribution is -0.119. The fourth-order valence-corrected chi connectivity index (χ4v) is 7.02. The number of benzene rings is 2. The van der Waals surface area contributed by atoms with Gasteiger partial charge in [0.2, 0.25) is 15.9 Å². The Morgan fingerprint density at radius 1 is 1.14 bits per heavy atom. The molecule has 0 spiro atoms. The second kappa shape index (κ2) is 13.3. The zero-order valence-corrected chi connectivity index (χ0v) is 23.6. The number of nitroso groups, excluding NO2 is 1. The lowest BCUT2D eigenvalue weighted by Crippen LogP contribution is -2.53. The lowest BCUT2D eigenvalue weighted by atomic mass is 10.0. The van der Waals surface area contributed by atoms with Crippen LogP contribution in [0.3, 0.4) is 0 Å². The van der Waals surface area contributed by atoms with E-state index in [4.69, 9.17) is 14.2 Å². The number of ether oxygens (including phenoxy) is 3. The minimum absolute atomic E-state index is 0.0670. The molecule has 2 aromatic carbocycles. The number of nitrogens with one attached hydrogen (secondary N) is 2. The zero-order chi connectivity index (χ0) is 29.7. The molecule has 226 valence electrons. The van der Waals surface area contributed by atoms with Gasteiger partial charge in [-0.05, 0) is 54.3 Å². The number of hydrogen-bond acceptors (Lipinski definition) is 10. The molecule has 6 atom stereocenters. The minimum Gasteiger partial charge on any atom is -0.443 e. The summed E-state index contributed by atoms with van der Waals surface area (Å²) in [5.74, 6) is -0.257. The molecule has 2 amide bonds. The Balaban J connectivity index is 1.35. The summed E-state index contributed by atoms with van der Waals surface area (Å²) in [6, 6.07) is 12.9. The fourth-order valence-electron chi connectivity index (χ4n) is 5.52.